The molecule has 1 aromatic carbocycles. The Morgan fingerprint density at radius 2 is 1.92 bits per heavy atom. The van der Waals surface area contributed by atoms with Crippen LogP contribution in [0.5, 0.6) is 0 Å². The highest BCUT2D eigenvalue weighted by Gasteiger charge is 2.78. The first kappa shape index (κ1) is 25.2. The van der Waals surface area contributed by atoms with E-state index in [9.17, 15) is 19.1 Å². The lowest BCUT2D eigenvalue weighted by Crippen LogP contribution is -2.69. The molecule has 0 radical (unpaired) electrons. The number of allylic oxidation sites excluding steroid dienone is 4. The number of aliphatic hydroxyl groups is 1. The van der Waals surface area contributed by atoms with Gasteiger partial charge in [0.05, 0.1) is 11.5 Å². The lowest BCUT2D eigenvalue weighted by molar-refractivity contribution is -0.209. The average molecular weight is 532 g/mol. The molecule has 6 rings (SSSR count). The number of anilines is 1. The molecule has 4 aliphatic carbocycles. The third-order valence-corrected chi connectivity index (χ3v) is 11.6. The standard InChI is InChI=1S/C29H32F3NO3S/c1-26-9-8-19(34)11-22(26)23(31)12-21-20-10-17-14-33(18-6-4-3-5-7-18)15-28(17,25(36)37-16-30)27(20,2)13-24(35)29(21,26)32/h3-9,11,17,20-21,23-24,35H,10,12-16H2,1-2H3. The molecule has 0 bridgehead atoms. The zero-order valence-electron chi connectivity index (χ0n) is 21.0. The molecular formula is C29H32F3NO3S. The predicted molar refractivity (Wildman–Crippen MR) is 137 cm³/mol. The fraction of sp³-hybridized carbons (Fsp3) is 0.586. The van der Waals surface area contributed by atoms with Gasteiger partial charge in [0.1, 0.15) is 12.2 Å². The topological polar surface area (TPSA) is 57.6 Å². The van der Waals surface area contributed by atoms with Crippen LogP contribution in [0.4, 0.5) is 18.9 Å². The number of ketones is 1. The molecule has 1 aromatic rings. The maximum absolute atomic E-state index is 17.5. The minimum Gasteiger partial charge on any atom is -0.390 e. The molecule has 0 amide bonds. The van der Waals surface area contributed by atoms with Gasteiger partial charge in [-0.1, -0.05) is 43.0 Å². The molecular weight excluding hydrogens is 499 g/mol. The summed E-state index contributed by atoms with van der Waals surface area (Å²) in [6.07, 6.45) is 1.28. The van der Waals surface area contributed by atoms with Crippen LogP contribution < -0.4 is 4.90 Å². The van der Waals surface area contributed by atoms with Crippen molar-refractivity contribution in [2.45, 2.75) is 51.1 Å². The van der Waals surface area contributed by atoms with Gasteiger partial charge < -0.3 is 10.0 Å². The van der Waals surface area contributed by atoms with Crippen LogP contribution in [0.2, 0.25) is 0 Å². The van der Waals surface area contributed by atoms with Crippen LogP contribution in [0.25, 0.3) is 0 Å². The quantitative estimate of drug-likeness (QED) is 0.579. The van der Waals surface area contributed by atoms with Gasteiger partial charge in [-0.3, -0.25) is 9.59 Å². The Labute approximate surface area is 219 Å². The van der Waals surface area contributed by atoms with E-state index in [1.54, 1.807) is 6.92 Å². The van der Waals surface area contributed by atoms with Crippen molar-refractivity contribution in [2.75, 3.05) is 24.0 Å². The summed E-state index contributed by atoms with van der Waals surface area (Å²) in [4.78, 5) is 28.0. The fourth-order valence-corrected chi connectivity index (χ4v) is 9.95. The number of hydrogen-bond acceptors (Lipinski definition) is 5. The van der Waals surface area contributed by atoms with Gasteiger partial charge >= 0.3 is 0 Å². The number of rotatable bonds is 3. The van der Waals surface area contributed by atoms with E-state index in [0.717, 1.165) is 5.69 Å². The first-order valence-electron chi connectivity index (χ1n) is 13.0. The predicted octanol–water partition coefficient (Wildman–Crippen LogP) is 5.22. The van der Waals surface area contributed by atoms with Crippen LogP contribution in [0.1, 0.15) is 33.1 Å². The Morgan fingerprint density at radius 1 is 1.19 bits per heavy atom. The molecule has 8 heteroatoms. The number of aliphatic hydroxyl groups excluding tert-OH is 1. The number of alkyl halides is 3. The van der Waals surface area contributed by atoms with E-state index in [0.29, 0.717) is 31.3 Å². The van der Waals surface area contributed by atoms with Crippen molar-refractivity contribution in [1.82, 2.24) is 0 Å². The van der Waals surface area contributed by atoms with Gasteiger partial charge in [0.15, 0.2) is 16.6 Å². The maximum atomic E-state index is 17.5. The van der Waals surface area contributed by atoms with Gasteiger partial charge in [0.25, 0.3) is 0 Å². The van der Waals surface area contributed by atoms with E-state index in [4.69, 9.17) is 0 Å². The third kappa shape index (κ3) is 3.03. The summed E-state index contributed by atoms with van der Waals surface area (Å²) in [5, 5.41) is 11.4. The lowest BCUT2D eigenvalue weighted by Gasteiger charge is -2.63. The van der Waals surface area contributed by atoms with Gasteiger partial charge in [-0.15, -0.1) is 0 Å². The molecule has 0 aromatic heterocycles. The van der Waals surface area contributed by atoms with Gasteiger partial charge in [-0.05, 0) is 73.3 Å². The van der Waals surface area contributed by atoms with Crippen LogP contribution in [0.15, 0.2) is 54.1 Å². The Balaban J connectivity index is 1.45. The van der Waals surface area contributed by atoms with Crippen LogP contribution in [0, 0.1) is 34.0 Å². The molecule has 0 spiro atoms. The molecule has 1 N–H and O–H groups in total. The highest BCUT2D eigenvalue weighted by molar-refractivity contribution is 8.13. The summed E-state index contributed by atoms with van der Waals surface area (Å²) < 4.78 is 46.7. The first-order chi connectivity index (χ1) is 17.5. The van der Waals surface area contributed by atoms with Crippen LogP contribution in [-0.2, 0) is 9.59 Å². The van der Waals surface area contributed by atoms with Crippen molar-refractivity contribution < 1.29 is 27.9 Å². The van der Waals surface area contributed by atoms with E-state index < -0.39 is 46.1 Å². The minimum atomic E-state index is -2.18. The summed E-state index contributed by atoms with van der Waals surface area (Å²) in [6.45, 7) is 4.44. The van der Waals surface area contributed by atoms with Gasteiger partial charge in [-0.2, -0.15) is 0 Å². The van der Waals surface area contributed by atoms with Crippen LogP contribution >= 0.6 is 11.8 Å². The zero-order chi connectivity index (χ0) is 26.4. The number of fused-ring (bicyclic) bond motifs is 7. The van der Waals surface area contributed by atoms with Crippen molar-refractivity contribution in [2.24, 2.45) is 34.0 Å². The number of carbonyl (C=O) groups excluding carboxylic acids is 2. The zero-order valence-corrected chi connectivity index (χ0v) is 21.8. The van der Waals surface area contributed by atoms with E-state index in [1.807, 2.05) is 37.3 Å². The molecule has 4 fully saturated rings. The van der Waals surface area contributed by atoms with E-state index in [-0.39, 0.29) is 41.1 Å². The second kappa shape index (κ2) is 8.22. The van der Waals surface area contributed by atoms with Gasteiger partial charge in [0.2, 0.25) is 0 Å². The number of thioether (sulfide) groups is 1. The van der Waals surface area contributed by atoms with Crippen molar-refractivity contribution in [3.05, 3.63) is 54.1 Å². The summed E-state index contributed by atoms with van der Waals surface area (Å²) in [5.41, 5.74) is -4.42. The Hall–Kier alpha value is -2.06. The highest BCUT2D eigenvalue weighted by Crippen LogP contribution is 2.75. The summed E-state index contributed by atoms with van der Waals surface area (Å²) in [7, 11) is 0. The Kier molecular flexibility index (Phi) is 5.60. The van der Waals surface area contributed by atoms with Crippen molar-refractivity contribution in [3.63, 3.8) is 0 Å². The third-order valence-electron chi connectivity index (χ3n) is 10.8. The van der Waals surface area contributed by atoms with E-state index >= 15 is 8.78 Å². The number of hydrogen-bond donors (Lipinski definition) is 1. The maximum Gasteiger partial charge on any atom is 0.200 e. The van der Waals surface area contributed by atoms with E-state index in [2.05, 4.69) is 4.90 Å². The highest BCUT2D eigenvalue weighted by atomic mass is 32.2. The van der Waals surface area contributed by atoms with Crippen molar-refractivity contribution in [3.8, 4) is 0 Å². The first-order valence-corrected chi connectivity index (χ1v) is 14.0. The molecule has 9 atom stereocenters. The number of carbonyl (C=O) groups is 2. The molecule has 4 nitrogen and oxygen atoms in total. The average Bonchev–Trinajstić information content (AvgIpc) is 3.37. The number of halogens is 3. The number of benzene rings is 1. The summed E-state index contributed by atoms with van der Waals surface area (Å²) >= 11 is 0.656. The molecule has 1 heterocycles. The summed E-state index contributed by atoms with van der Waals surface area (Å²) in [6, 6.07) is 8.88. The number of nitrogens with zero attached hydrogens (tertiary/aromatic N) is 1. The second-order valence-corrected chi connectivity index (χ2v) is 12.9. The largest absolute Gasteiger partial charge is 0.390 e. The molecule has 37 heavy (non-hydrogen) atoms. The minimum absolute atomic E-state index is 0.0178. The molecule has 3 saturated carbocycles. The molecule has 5 aliphatic rings. The van der Waals surface area contributed by atoms with Crippen LogP contribution in [0.3, 0.4) is 0 Å². The molecule has 1 saturated heterocycles. The second-order valence-electron chi connectivity index (χ2n) is 12.0. The molecule has 1 aliphatic heterocycles. The summed E-state index contributed by atoms with van der Waals surface area (Å²) in [5.74, 6) is -1.76. The molecule has 9 unspecified atom stereocenters. The van der Waals surface area contributed by atoms with Crippen molar-refractivity contribution >= 4 is 28.3 Å². The Bertz CT molecular complexity index is 1210. The smallest absolute Gasteiger partial charge is 0.200 e. The van der Waals surface area contributed by atoms with Gasteiger partial charge in [-0.25, -0.2) is 13.2 Å². The fourth-order valence-electron chi connectivity index (χ4n) is 9.12. The van der Waals surface area contributed by atoms with Crippen molar-refractivity contribution in [1.29, 1.82) is 0 Å². The molecule has 198 valence electrons. The number of para-hydroxylation sites is 1. The normalized spacial score (nSPS) is 46.1. The van der Waals surface area contributed by atoms with Crippen LogP contribution in [-0.4, -0.2) is 53.0 Å². The Morgan fingerprint density at radius 3 is 2.62 bits per heavy atom. The SMILES string of the molecule is CC12C=CC(=O)C=C1C(F)CC1C3CC4CN(c5ccccc5)CC4(C(=O)SCF)C3(C)CC(O)C12F. The lowest BCUT2D eigenvalue weighted by atomic mass is 9.43. The van der Waals surface area contributed by atoms with Gasteiger partial charge in [0, 0.05) is 30.1 Å². The monoisotopic (exact) mass is 531 g/mol. The van der Waals surface area contributed by atoms with E-state index in [1.165, 1.54) is 18.2 Å².